The second-order valence-corrected chi connectivity index (χ2v) is 11.6. The van der Waals surface area contributed by atoms with Crippen LogP contribution in [0.5, 0.6) is 0 Å². The number of carbonyl (C=O) groups excluding carboxylic acids is 1. The molecule has 1 saturated carbocycles. The largest absolute Gasteiger partial charge is 0.342 e. The topological polar surface area (TPSA) is 64.2 Å². The molecule has 1 aliphatic carbocycles. The van der Waals surface area contributed by atoms with E-state index < -0.39 is 10.2 Å². The fourth-order valence-corrected chi connectivity index (χ4v) is 7.48. The summed E-state index contributed by atoms with van der Waals surface area (Å²) in [6.07, 6.45) is 6.07. The molecule has 4 aliphatic rings. The molecule has 4 rings (SSSR count). The van der Waals surface area contributed by atoms with Crippen LogP contribution >= 0.6 is 0 Å². The maximum absolute atomic E-state index is 13.5. The molecule has 8 heteroatoms. The van der Waals surface area contributed by atoms with E-state index in [0.717, 1.165) is 64.7 Å². The molecule has 7 nitrogen and oxygen atoms in total. The summed E-state index contributed by atoms with van der Waals surface area (Å²) >= 11 is 0. The zero-order valence-electron chi connectivity index (χ0n) is 17.0. The molecule has 2 atom stereocenters. The summed E-state index contributed by atoms with van der Waals surface area (Å²) in [5.41, 5.74) is -0.111. The van der Waals surface area contributed by atoms with Crippen molar-refractivity contribution in [2.45, 2.75) is 38.5 Å². The van der Waals surface area contributed by atoms with E-state index in [9.17, 15) is 13.2 Å². The quantitative estimate of drug-likeness (QED) is 0.707. The third-order valence-electron chi connectivity index (χ3n) is 7.85. The molecule has 27 heavy (non-hydrogen) atoms. The first-order chi connectivity index (χ1) is 12.7. The fraction of sp³-hybridized carbons (Fsp3) is 0.947. The van der Waals surface area contributed by atoms with Crippen LogP contribution in [0.2, 0.25) is 0 Å². The van der Waals surface area contributed by atoms with Crippen LogP contribution in [0.15, 0.2) is 0 Å². The summed E-state index contributed by atoms with van der Waals surface area (Å²) in [4.78, 5) is 18.0. The van der Waals surface area contributed by atoms with Crippen molar-refractivity contribution >= 4 is 16.1 Å². The number of nitrogens with zero attached hydrogens (tertiary/aromatic N) is 4. The Morgan fingerprint density at radius 2 is 1.63 bits per heavy atom. The lowest BCUT2D eigenvalue weighted by Gasteiger charge is -2.44. The van der Waals surface area contributed by atoms with Crippen molar-refractivity contribution < 1.29 is 13.2 Å². The second-order valence-electron chi connectivity index (χ2n) is 9.46. The van der Waals surface area contributed by atoms with Gasteiger partial charge in [-0.3, -0.25) is 4.79 Å². The van der Waals surface area contributed by atoms with Gasteiger partial charge in [0.1, 0.15) is 0 Å². The number of hydrogen-bond donors (Lipinski definition) is 0. The van der Waals surface area contributed by atoms with Gasteiger partial charge in [-0.25, -0.2) is 0 Å². The van der Waals surface area contributed by atoms with Crippen LogP contribution in [0.4, 0.5) is 0 Å². The average Bonchev–Trinajstić information content (AvgIpc) is 3.33. The van der Waals surface area contributed by atoms with Gasteiger partial charge in [0.2, 0.25) is 5.91 Å². The number of rotatable bonds is 3. The summed E-state index contributed by atoms with van der Waals surface area (Å²) < 4.78 is 27.9. The number of amides is 1. The van der Waals surface area contributed by atoms with Gasteiger partial charge in [0.25, 0.3) is 10.2 Å². The first-order valence-electron chi connectivity index (χ1n) is 10.4. The van der Waals surface area contributed by atoms with Crippen molar-refractivity contribution in [1.82, 2.24) is 18.4 Å². The van der Waals surface area contributed by atoms with E-state index in [-0.39, 0.29) is 10.8 Å². The van der Waals surface area contributed by atoms with Crippen LogP contribution in [0.1, 0.15) is 38.5 Å². The van der Waals surface area contributed by atoms with E-state index in [0.29, 0.717) is 24.9 Å². The van der Waals surface area contributed by atoms with Crippen molar-refractivity contribution in [3.05, 3.63) is 0 Å². The molecule has 0 aromatic carbocycles. The minimum absolute atomic E-state index is 0.123. The van der Waals surface area contributed by atoms with Gasteiger partial charge >= 0.3 is 0 Å². The highest BCUT2D eigenvalue weighted by molar-refractivity contribution is 7.86. The Morgan fingerprint density at radius 1 is 1.00 bits per heavy atom. The molecule has 0 bridgehead atoms. The zero-order valence-corrected chi connectivity index (χ0v) is 17.8. The molecule has 0 unspecified atom stereocenters. The fourth-order valence-electron chi connectivity index (χ4n) is 6.37. The molecule has 0 N–H and O–H groups in total. The Morgan fingerprint density at radius 3 is 2.22 bits per heavy atom. The minimum atomic E-state index is -3.34. The van der Waals surface area contributed by atoms with Crippen LogP contribution in [-0.2, 0) is 15.0 Å². The van der Waals surface area contributed by atoms with Crippen LogP contribution in [0, 0.1) is 16.7 Å². The first kappa shape index (κ1) is 19.6. The summed E-state index contributed by atoms with van der Waals surface area (Å²) in [5, 5.41) is 0. The normalized spacial score (nSPS) is 34.7. The highest BCUT2D eigenvalue weighted by Crippen LogP contribution is 2.62. The third kappa shape index (κ3) is 2.94. The van der Waals surface area contributed by atoms with Crippen LogP contribution in [0.3, 0.4) is 0 Å². The molecule has 4 fully saturated rings. The molecule has 1 amide bonds. The molecule has 0 aromatic rings. The van der Waals surface area contributed by atoms with Gasteiger partial charge < -0.3 is 9.80 Å². The summed E-state index contributed by atoms with van der Waals surface area (Å²) in [5.74, 6) is 0.752. The van der Waals surface area contributed by atoms with Gasteiger partial charge in [0.05, 0.1) is 5.41 Å². The van der Waals surface area contributed by atoms with Crippen molar-refractivity contribution in [3.63, 3.8) is 0 Å². The number of likely N-dealkylation sites (tertiary alicyclic amines) is 2. The lowest BCUT2D eigenvalue weighted by molar-refractivity contribution is -0.142. The molecule has 0 aromatic heterocycles. The second kappa shape index (κ2) is 6.68. The number of piperidine rings is 1. The molecule has 3 saturated heterocycles. The molecular formula is C19H34N4O3S. The molecule has 3 heterocycles. The molecular weight excluding hydrogens is 364 g/mol. The van der Waals surface area contributed by atoms with Crippen LogP contribution in [0.25, 0.3) is 0 Å². The van der Waals surface area contributed by atoms with Crippen molar-refractivity contribution in [2.75, 3.05) is 60.4 Å². The predicted molar refractivity (Wildman–Crippen MR) is 104 cm³/mol. The minimum Gasteiger partial charge on any atom is -0.342 e. The Bertz CT molecular complexity index is 696. The Labute approximate surface area is 163 Å². The third-order valence-corrected chi connectivity index (χ3v) is 9.79. The van der Waals surface area contributed by atoms with Crippen molar-refractivity contribution in [2.24, 2.45) is 16.7 Å². The molecule has 154 valence electrons. The van der Waals surface area contributed by atoms with Crippen molar-refractivity contribution in [3.8, 4) is 0 Å². The summed E-state index contributed by atoms with van der Waals surface area (Å²) in [7, 11) is 1.99. The smallest absolute Gasteiger partial charge is 0.281 e. The summed E-state index contributed by atoms with van der Waals surface area (Å²) in [6.45, 7) is 4.83. The van der Waals surface area contributed by atoms with Crippen molar-refractivity contribution in [1.29, 1.82) is 0 Å². The number of hydrogen-bond acceptors (Lipinski definition) is 4. The molecule has 0 radical (unpaired) electrons. The lowest BCUT2D eigenvalue weighted by Crippen LogP contribution is -2.51. The average molecular weight is 399 g/mol. The number of fused-ring (bicyclic) bond motifs is 2. The Hall–Kier alpha value is -0.700. The van der Waals surface area contributed by atoms with Crippen LogP contribution < -0.4 is 0 Å². The van der Waals surface area contributed by atoms with Gasteiger partial charge in [0.15, 0.2) is 0 Å². The van der Waals surface area contributed by atoms with E-state index in [4.69, 9.17) is 0 Å². The van der Waals surface area contributed by atoms with Gasteiger partial charge in [-0.1, -0.05) is 0 Å². The monoisotopic (exact) mass is 398 g/mol. The highest BCUT2D eigenvalue weighted by atomic mass is 32.2. The Kier molecular flexibility index (Phi) is 4.85. The van der Waals surface area contributed by atoms with E-state index in [1.165, 1.54) is 4.31 Å². The van der Waals surface area contributed by atoms with Gasteiger partial charge in [-0.15, -0.1) is 0 Å². The maximum atomic E-state index is 13.5. The van der Waals surface area contributed by atoms with E-state index >= 15 is 0 Å². The van der Waals surface area contributed by atoms with E-state index in [1.807, 2.05) is 0 Å². The van der Waals surface area contributed by atoms with Gasteiger partial charge in [-0.05, 0) is 56.9 Å². The standard InChI is InChI=1S/C19H34N4O3S/c1-20(2)27(25,26)23-12-8-18(9-13-23)6-7-19(15-21(3)14-16(18)19)17(24)22-10-4-5-11-22/h16H,4-15H2,1-3H3/t16-,19+/m0/s1. The number of carbonyl (C=O) groups is 1. The van der Waals surface area contributed by atoms with Gasteiger partial charge in [-0.2, -0.15) is 17.0 Å². The lowest BCUT2D eigenvalue weighted by atomic mass is 9.66. The zero-order chi connectivity index (χ0) is 19.4. The first-order valence-corrected chi connectivity index (χ1v) is 11.8. The molecule has 3 aliphatic heterocycles. The van der Waals surface area contributed by atoms with E-state index in [2.05, 4.69) is 16.8 Å². The molecule has 1 spiro atoms. The summed E-state index contributed by atoms with van der Waals surface area (Å²) in [6, 6.07) is 0. The van der Waals surface area contributed by atoms with E-state index in [1.54, 1.807) is 18.4 Å². The maximum Gasteiger partial charge on any atom is 0.281 e. The van der Waals surface area contributed by atoms with Gasteiger partial charge in [0, 0.05) is 53.4 Å². The SMILES string of the molecule is CN1C[C@H]2C3(CCN(S(=O)(=O)N(C)C)CC3)CC[C@@]2(C(=O)N2CCCC2)C1. The Balaban J connectivity index is 1.55. The highest BCUT2D eigenvalue weighted by Gasteiger charge is 2.64. The predicted octanol–water partition coefficient (Wildman–Crippen LogP) is 0.839. The van der Waals surface area contributed by atoms with Crippen LogP contribution in [-0.4, -0.2) is 93.1 Å².